The van der Waals surface area contributed by atoms with E-state index in [1.165, 1.54) is 28.2 Å². The van der Waals surface area contributed by atoms with Crippen LogP contribution in [0.25, 0.3) is 0 Å². The Bertz CT molecular complexity index is 1390. The summed E-state index contributed by atoms with van der Waals surface area (Å²) in [6, 6.07) is 12.3. The molecule has 0 aromatic heterocycles. The van der Waals surface area contributed by atoms with E-state index in [0.29, 0.717) is 37.1 Å². The number of hydrogen-bond acceptors (Lipinski definition) is 9. The fourth-order valence-electron chi connectivity index (χ4n) is 4.70. The molecule has 5 N–H and O–H groups in total. The minimum atomic E-state index is -3.98. The molecule has 4 rings (SSSR count). The van der Waals surface area contributed by atoms with Gasteiger partial charge in [0.1, 0.15) is 12.1 Å². The third-order valence-corrected chi connectivity index (χ3v) is 10.4. The number of carboxylic acids is 1. The first kappa shape index (κ1) is 31.3. The van der Waals surface area contributed by atoms with Crippen LogP contribution >= 0.6 is 11.8 Å². The van der Waals surface area contributed by atoms with Crippen molar-refractivity contribution < 1.29 is 27.9 Å². The molecule has 2 aromatic carbocycles. The number of hydrogen-bond donors (Lipinski definition) is 5. The van der Waals surface area contributed by atoms with Crippen molar-refractivity contribution in [2.45, 2.75) is 55.0 Å². The molecule has 2 aliphatic rings. The van der Waals surface area contributed by atoms with Crippen molar-refractivity contribution in [3.05, 3.63) is 60.2 Å². The highest BCUT2D eigenvalue weighted by molar-refractivity contribution is 8.01. The molecule has 0 saturated carbocycles. The van der Waals surface area contributed by atoms with Gasteiger partial charge < -0.3 is 26.4 Å². The van der Waals surface area contributed by atoms with E-state index in [-0.39, 0.29) is 23.0 Å². The lowest BCUT2D eigenvalue weighted by Gasteiger charge is -2.28. The fourth-order valence-corrected chi connectivity index (χ4v) is 8.27. The number of carbonyl (C=O) groups is 3. The van der Waals surface area contributed by atoms with Crippen LogP contribution in [0, 0.1) is 0 Å². The van der Waals surface area contributed by atoms with Gasteiger partial charge in [0, 0.05) is 37.4 Å². The molecule has 3 unspecified atom stereocenters. The number of carbonyl (C=O) groups excluding carboxylic acids is 2. The molecule has 12 nitrogen and oxygen atoms in total. The van der Waals surface area contributed by atoms with Gasteiger partial charge in [0.25, 0.3) is 0 Å². The first-order valence-corrected chi connectivity index (χ1v) is 16.3. The lowest BCUT2D eigenvalue weighted by molar-refractivity contribution is -0.142. The molecule has 1 fully saturated rings. The predicted octanol–water partition coefficient (Wildman–Crippen LogP) is 1.61. The molecule has 14 heteroatoms. The molecule has 226 valence electrons. The summed E-state index contributed by atoms with van der Waals surface area (Å²) in [4.78, 5) is 42.0. The molecule has 42 heavy (non-hydrogen) atoms. The Morgan fingerprint density at radius 3 is 2.52 bits per heavy atom. The van der Waals surface area contributed by atoms with Crippen LogP contribution in [0.2, 0.25) is 0 Å². The summed E-state index contributed by atoms with van der Waals surface area (Å²) in [5, 5.41) is 21.0. The second kappa shape index (κ2) is 14.5. The molecule has 2 amide bonds. The summed E-state index contributed by atoms with van der Waals surface area (Å²) in [7, 11) is -3.98. The van der Waals surface area contributed by atoms with Crippen LogP contribution in [-0.4, -0.2) is 84.4 Å². The number of thioether (sulfide) groups is 1. The Labute approximate surface area is 249 Å². The second-order valence-electron chi connectivity index (χ2n) is 9.90. The number of anilines is 1. The Kier molecular flexibility index (Phi) is 10.8. The normalized spacial score (nSPS) is 19.4. The summed E-state index contributed by atoms with van der Waals surface area (Å²) in [5.41, 5.74) is 1.21. The summed E-state index contributed by atoms with van der Waals surface area (Å²) in [6.45, 7) is 4.03. The molecule has 1 saturated heterocycles. The molecular weight excluding hydrogens is 580 g/mol. The van der Waals surface area contributed by atoms with Gasteiger partial charge >= 0.3 is 5.97 Å². The van der Waals surface area contributed by atoms with Gasteiger partial charge in [-0.15, -0.1) is 11.8 Å². The van der Waals surface area contributed by atoms with Crippen molar-refractivity contribution in [1.82, 2.24) is 20.3 Å². The van der Waals surface area contributed by atoms with Gasteiger partial charge in [-0.2, -0.15) is 4.31 Å². The van der Waals surface area contributed by atoms with Crippen LogP contribution in [0.1, 0.15) is 31.7 Å². The number of sulfonamides is 1. The number of aliphatic imine (C=N–C) groups is 1. The summed E-state index contributed by atoms with van der Waals surface area (Å²) < 4.78 is 28.1. The first-order chi connectivity index (χ1) is 20.2. The molecule has 0 spiro atoms. The van der Waals surface area contributed by atoms with Gasteiger partial charge in [-0.1, -0.05) is 37.3 Å². The van der Waals surface area contributed by atoms with Crippen LogP contribution < -0.4 is 21.3 Å². The minimum Gasteiger partial charge on any atom is -0.480 e. The lowest BCUT2D eigenvalue weighted by Crippen LogP contribution is -2.53. The maximum atomic E-state index is 13.4. The van der Waals surface area contributed by atoms with Crippen LogP contribution in [0.3, 0.4) is 0 Å². The third-order valence-electron chi connectivity index (χ3n) is 6.85. The van der Waals surface area contributed by atoms with Crippen molar-refractivity contribution in [1.29, 1.82) is 0 Å². The zero-order valence-electron chi connectivity index (χ0n) is 23.3. The molecule has 2 aliphatic heterocycles. The summed E-state index contributed by atoms with van der Waals surface area (Å²) in [6.07, 6.45) is 1.44. The molecule has 0 bridgehead atoms. The van der Waals surface area contributed by atoms with E-state index in [4.69, 9.17) is 0 Å². The van der Waals surface area contributed by atoms with Gasteiger partial charge in [0.2, 0.25) is 21.8 Å². The molecule has 2 aromatic rings. The number of amides is 2. The number of rotatable bonds is 13. The number of benzene rings is 2. The molecule has 2 heterocycles. The number of nitrogens with zero attached hydrogens (tertiary/aromatic N) is 2. The highest BCUT2D eigenvalue weighted by Gasteiger charge is 2.46. The van der Waals surface area contributed by atoms with E-state index >= 15 is 0 Å². The van der Waals surface area contributed by atoms with Crippen molar-refractivity contribution in [3.8, 4) is 0 Å². The number of aliphatic carboxylic acids is 1. The van der Waals surface area contributed by atoms with Crippen LogP contribution in [0.4, 0.5) is 5.69 Å². The smallest absolute Gasteiger partial charge is 0.326 e. The van der Waals surface area contributed by atoms with E-state index in [1.54, 1.807) is 42.5 Å². The van der Waals surface area contributed by atoms with E-state index in [0.717, 1.165) is 19.0 Å². The van der Waals surface area contributed by atoms with E-state index in [2.05, 4.69) is 26.3 Å². The first-order valence-electron chi connectivity index (χ1n) is 13.8. The number of guanidine groups is 1. The molecular formula is C28H36N6O6S2. The quantitative estimate of drug-likeness (QED) is 0.210. The Morgan fingerprint density at radius 2 is 1.88 bits per heavy atom. The van der Waals surface area contributed by atoms with Gasteiger partial charge in [0.15, 0.2) is 5.96 Å². The fraction of sp³-hybridized carbons (Fsp3) is 0.429. The third kappa shape index (κ3) is 8.01. The topological polar surface area (TPSA) is 169 Å². The van der Waals surface area contributed by atoms with Crippen LogP contribution in [0.15, 0.2) is 64.5 Å². The lowest BCUT2D eigenvalue weighted by atomic mass is 10.0. The second-order valence-corrected chi connectivity index (χ2v) is 13.0. The average Bonchev–Trinajstić information content (AvgIpc) is 3.67. The Balaban J connectivity index is 1.33. The highest BCUT2D eigenvalue weighted by Crippen LogP contribution is 2.36. The molecule has 0 radical (unpaired) electrons. The van der Waals surface area contributed by atoms with Gasteiger partial charge in [-0.05, 0) is 42.7 Å². The van der Waals surface area contributed by atoms with Gasteiger partial charge in [-0.25, -0.2) is 13.2 Å². The molecule has 0 aliphatic carbocycles. The predicted molar refractivity (Wildman–Crippen MR) is 162 cm³/mol. The van der Waals surface area contributed by atoms with E-state index in [1.807, 2.05) is 6.92 Å². The van der Waals surface area contributed by atoms with Crippen molar-refractivity contribution in [2.24, 2.45) is 4.99 Å². The monoisotopic (exact) mass is 616 g/mol. The van der Waals surface area contributed by atoms with E-state index < -0.39 is 39.4 Å². The largest absolute Gasteiger partial charge is 0.480 e. The van der Waals surface area contributed by atoms with Crippen molar-refractivity contribution in [2.75, 3.05) is 30.7 Å². The highest BCUT2D eigenvalue weighted by atomic mass is 32.2. The standard InChI is InChI=1S/C28H36N6O6S2/c1-2-25-34(42(39,40)21-7-4-3-5-8-21)23(18-41-25)26(36)33-22(27(37)38)17-19-10-12-20(13-11-19)32-24(35)9-6-14-29-28-30-15-16-31-28/h3-5,7-8,10-13,22-23,25H,2,6,9,14-18H2,1H3,(H,32,35)(H,33,36)(H,37,38)(H2,29,30,31). The van der Waals surface area contributed by atoms with Crippen molar-refractivity contribution >= 4 is 51.2 Å². The maximum Gasteiger partial charge on any atom is 0.326 e. The minimum absolute atomic E-state index is 0.0125. The van der Waals surface area contributed by atoms with Crippen LogP contribution in [-0.2, 0) is 30.8 Å². The Morgan fingerprint density at radius 1 is 1.14 bits per heavy atom. The summed E-state index contributed by atoms with van der Waals surface area (Å²) in [5.74, 6) is -1.05. The van der Waals surface area contributed by atoms with Crippen molar-refractivity contribution in [3.63, 3.8) is 0 Å². The SMILES string of the molecule is CCC1SCC(C(=O)NC(Cc2ccc(NC(=O)CCCNC3=NCCN3)cc2)C(=O)O)N1S(=O)(=O)c1ccccc1. The summed E-state index contributed by atoms with van der Waals surface area (Å²) >= 11 is 1.36. The number of nitrogens with one attached hydrogen (secondary N) is 4. The van der Waals surface area contributed by atoms with Gasteiger partial charge in [-0.3, -0.25) is 14.6 Å². The number of carboxylic acid groups (broad SMARTS) is 1. The van der Waals surface area contributed by atoms with Gasteiger partial charge in [0.05, 0.1) is 16.8 Å². The maximum absolute atomic E-state index is 13.4. The van der Waals surface area contributed by atoms with E-state index in [9.17, 15) is 27.9 Å². The zero-order valence-corrected chi connectivity index (χ0v) is 24.9. The average molecular weight is 617 g/mol. The zero-order chi connectivity index (χ0) is 30.1. The molecule has 3 atom stereocenters. The van der Waals surface area contributed by atoms with Crippen LogP contribution in [0.5, 0.6) is 0 Å². The Hall–Kier alpha value is -3.62.